The molecule has 0 aliphatic rings. The summed E-state index contributed by atoms with van der Waals surface area (Å²) in [6.45, 7) is 0. The zero-order chi connectivity index (χ0) is 21.8. The molecule has 3 N–H and O–H groups in total. The Labute approximate surface area is 176 Å². The summed E-state index contributed by atoms with van der Waals surface area (Å²) >= 11 is 0. The molecule has 0 amide bonds. The van der Waals surface area contributed by atoms with Gasteiger partial charge in [-0.3, -0.25) is 0 Å². The van der Waals surface area contributed by atoms with Gasteiger partial charge < -0.3 is 15.8 Å². The average Bonchev–Trinajstić information content (AvgIpc) is 2.76. The predicted octanol–water partition coefficient (Wildman–Crippen LogP) is 5.41. The monoisotopic (exact) mass is 415 g/mol. The third kappa shape index (κ3) is 4.57. The van der Waals surface area contributed by atoms with Gasteiger partial charge in [0.1, 0.15) is 11.6 Å². The highest BCUT2D eigenvalue weighted by molar-refractivity contribution is 5.65. The fourth-order valence-electron chi connectivity index (χ4n) is 2.87. The van der Waals surface area contributed by atoms with Gasteiger partial charge >= 0.3 is 0 Å². The molecular formula is C23H15F2N5O. The van der Waals surface area contributed by atoms with E-state index in [1.165, 1.54) is 24.3 Å². The first kappa shape index (κ1) is 19.8. The zero-order valence-electron chi connectivity index (χ0n) is 16.0. The maximum Gasteiger partial charge on any atom is 0.232 e. The summed E-state index contributed by atoms with van der Waals surface area (Å²) in [5, 5.41) is 11.8. The van der Waals surface area contributed by atoms with Gasteiger partial charge in [0.15, 0.2) is 11.6 Å². The van der Waals surface area contributed by atoms with Crippen LogP contribution in [0.15, 0.2) is 72.8 Å². The summed E-state index contributed by atoms with van der Waals surface area (Å²) < 4.78 is 34.1. The first-order valence-corrected chi connectivity index (χ1v) is 9.16. The van der Waals surface area contributed by atoms with Crippen molar-refractivity contribution in [2.24, 2.45) is 0 Å². The van der Waals surface area contributed by atoms with Gasteiger partial charge in [0, 0.05) is 17.3 Å². The molecule has 31 heavy (non-hydrogen) atoms. The third-order valence-corrected chi connectivity index (χ3v) is 4.32. The Bertz CT molecular complexity index is 1290. The van der Waals surface area contributed by atoms with E-state index in [1.54, 1.807) is 48.5 Å². The van der Waals surface area contributed by atoms with E-state index in [0.717, 1.165) is 0 Å². The van der Waals surface area contributed by atoms with Gasteiger partial charge in [-0.05, 0) is 48.0 Å². The van der Waals surface area contributed by atoms with E-state index < -0.39 is 11.6 Å². The number of aromatic nitrogens is 2. The number of nitrogens with zero attached hydrogens (tertiary/aromatic N) is 3. The number of anilines is 3. The number of hydrogen-bond donors (Lipinski definition) is 2. The molecule has 3 aromatic carbocycles. The molecule has 0 unspecified atom stereocenters. The lowest BCUT2D eigenvalue weighted by molar-refractivity contribution is 0.427. The van der Waals surface area contributed by atoms with Crippen molar-refractivity contribution >= 4 is 17.5 Å². The molecule has 1 aromatic heterocycles. The van der Waals surface area contributed by atoms with Gasteiger partial charge in [0.2, 0.25) is 11.8 Å². The largest absolute Gasteiger partial charge is 0.436 e. The summed E-state index contributed by atoms with van der Waals surface area (Å²) in [7, 11) is 0. The van der Waals surface area contributed by atoms with Gasteiger partial charge in [0.25, 0.3) is 0 Å². The first-order valence-electron chi connectivity index (χ1n) is 9.16. The normalized spacial score (nSPS) is 10.4. The summed E-state index contributed by atoms with van der Waals surface area (Å²) in [5.41, 5.74) is 7.63. The number of rotatable bonds is 5. The van der Waals surface area contributed by atoms with Crippen molar-refractivity contribution in [1.29, 1.82) is 5.26 Å². The van der Waals surface area contributed by atoms with Crippen molar-refractivity contribution in [3.05, 3.63) is 90.0 Å². The SMILES string of the molecule is N#Cc1ccc(Nc2nc(N)cc(Oc3ccc(-c4ccccc4F)cc3F)n2)cc1. The van der Waals surface area contributed by atoms with E-state index in [0.29, 0.717) is 16.8 Å². The number of nitrogens with one attached hydrogen (secondary N) is 1. The van der Waals surface area contributed by atoms with Crippen molar-refractivity contribution in [2.75, 3.05) is 11.1 Å². The minimum atomic E-state index is -0.681. The molecule has 0 saturated carbocycles. The minimum absolute atomic E-state index is 0.0289. The molecule has 0 radical (unpaired) electrons. The molecule has 8 heteroatoms. The molecule has 0 fully saturated rings. The standard InChI is InChI=1S/C23H15F2N5O/c24-18-4-2-1-3-17(18)15-7-10-20(19(25)11-15)31-22-12-21(27)29-23(30-22)28-16-8-5-14(13-26)6-9-16/h1-12H,(H3,27,28,29,30). The van der Waals surface area contributed by atoms with Crippen molar-refractivity contribution in [3.63, 3.8) is 0 Å². The molecular weight excluding hydrogens is 400 g/mol. The van der Waals surface area contributed by atoms with Gasteiger partial charge in [0.05, 0.1) is 11.6 Å². The molecule has 0 saturated heterocycles. The van der Waals surface area contributed by atoms with E-state index in [4.69, 9.17) is 15.7 Å². The van der Waals surface area contributed by atoms with Crippen LogP contribution in [0.25, 0.3) is 11.1 Å². The quantitative estimate of drug-likeness (QED) is 0.452. The number of nitrogen functional groups attached to an aromatic ring is 1. The van der Waals surface area contributed by atoms with Crippen molar-refractivity contribution in [1.82, 2.24) is 9.97 Å². The van der Waals surface area contributed by atoms with Crippen LogP contribution in [-0.4, -0.2) is 9.97 Å². The van der Waals surface area contributed by atoms with Crippen molar-refractivity contribution < 1.29 is 13.5 Å². The maximum absolute atomic E-state index is 14.6. The maximum atomic E-state index is 14.6. The fourth-order valence-corrected chi connectivity index (χ4v) is 2.87. The first-order chi connectivity index (χ1) is 15.0. The molecule has 0 aliphatic heterocycles. The van der Waals surface area contributed by atoms with E-state index >= 15 is 0 Å². The second-order valence-electron chi connectivity index (χ2n) is 6.50. The molecule has 4 rings (SSSR count). The molecule has 6 nitrogen and oxygen atoms in total. The summed E-state index contributed by atoms with van der Waals surface area (Å²) in [4.78, 5) is 8.26. The Morgan fingerprint density at radius 1 is 0.903 bits per heavy atom. The summed E-state index contributed by atoms with van der Waals surface area (Å²) in [5.74, 6) is -0.937. The predicted molar refractivity (Wildman–Crippen MR) is 113 cm³/mol. The van der Waals surface area contributed by atoms with E-state index in [9.17, 15) is 8.78 Å². The van der Waals surface area contributed by atoms with Gasteiger partial charge in [-0.15, -0.1) is 0 Å². The molecule has 0 spiro atoms. The highest BCUT2D eigenvalue weighted by Gasteiger charge is 2.12. The summed E-state index contributed by atoms with van der Waals surface area (Å²) in [6.07, 6.45) is 0. The van der Waals surface area contributed by atoms with E-state index in [1.807, 2.05) is 6.07 Å². The molecule has 0 bridgehead atoms. The van der Waals surface area contributed by atoms with Crippen LogP contribution in [0, 0.1) is 23.0 Å². The topological polar surface area (TPSA) is 96.9 Å². The van der Waals surface area contributed by atoms with Crippen LogP contribution in [0.4, 0.5) is 26.2 Å². The molecule has 1 heterocycles. The second-order valence-corrected chi connectivity index (χ2v) is 6.50. The number of halogens is 2. The Morgan fingerprint density at radius 3 is 2.39 bits per heavy atom. The van der Waals surface area contributed by atoms with E-state index in [2.05, 4.69) is 15.3 Å². The lowest BCUT2D eigenvalue weighted by Crippen LogP contribution is -2.02. The Hall–Kier alpha value is -4.51. The number of nitriles is 1. The number of benzene rings is 3. The average molecular weight is 415 g/mol. The number of ether oxygens (including phenoxy) is 1. The second kappa shape index (κ2) is 8.47. The Morgan fingerprint density at radius 2 is 1.68 bits per heavy atom. The van der Waals surface area contributed by atoms with Crippen LogP contribution < -0.4 is 15.8 Å². The highest BCUT2D eigenvalue weighted by atomic mass is 19.1. The van der Waals surface area contributed by atoms with Crippen LogP contribution in [0.3, 0.4) is 0 Å². The van der Waals surface area contributed by atoms with E-state index in [-0.39, 0.29) is 29.0 Å². The van der Waals surface area contributed by atoms with Crippen molar-refractivity contribution in [3.8, 4) is 28.8 Å². The molecule has 0 atom stereocenters. The lowest BCUT2D eigenvalue weighted by Gasteiger charge is -2.11. The van der Waals surface area contributed by atoms with Crippen LogP contribution >= 0.6 is 0 Å². The molecule has 0 aliphatic carbocycles. The van der Waals surface area contributed by atoms with Crippen molar-refractivity contribution in [2.45, 2.75) is 0 Å². The van der Waals surface area contributed by atoms with Crippen LogP contribution in [-0.2, 0) is 0 Å². The Kier molecular flexibility index (Phi) is 5.41. The van der Waals surface area contributed by atoms with Gasteiger partial charge in [-0.25, -0.2) is 8.78 Å². The lowest BCUT2D eigenvalue weighted by atomic mass is 10.0. The fraction of sp³-hybridized carbons (Fsp3) is 0. The number of nitrogens with two attached hydrogens (primary N) is 1. The van der Waals surface area contributed by atoms with Gasteiger partial charge in [-0.2, -0.15) is 15.2 Å². The molecule has 4 aromatic rings. The zero-order valence-corrected chi connectivity index (χ0v) is 16.0. The third-order valence-electron chi connectivity index (χ3n) is 4.32. The van der Waals surface area contributed by atoms with Crippen LogP contribution in [0.1, 0.15) is 5.56 Å². The minimum Gasteiger partial charge on any atom is -0.436 e. The van der Waals surface area contributed by atoms with Gasteiger partial charge in [-0.1, -0.05) is 24.3 Å². The molecule has 152 valence electrons. The summed E-state index contributed by atoms with van der Waals surface area (Å²) in [6, 6.07) is 20.3. The Balaban J connectivity index is 1.56. The van der Waals surface area contributed by atoms with Crippen LogP contribution in [0.5, 0.6) is 11.6 Å². The number of hydrogen-bond acceptors (Lipinski definition) is 6. The highest BCUT2D eigenvalue weighted by Crippen LogP contribution is 2.30. The van der Waals surface area contributed by atoms with Crippen LogP contribution in [0.2, 0.25) is 0 Å². The smallest absolute Gasteiger partial charge is 0.232 e.